The van der Waals surface area contributed by atoms with Crippen molar-refractivity contribution in [2.75, 3.05) is 5.32 Å². The number of hydrogen-bond acceptors (Lipinski definition) is 6. The van der Waals surface area contributed by atoms with E-state index < -0.39 is 0 Å². The Hall–Kier alpha value is -3.43. The maximum absolute atomic E-state index is 12.7. The average Bonchev–Trinajstić information content (AvgIpc) is 3.43. The average molecular weight is 434 g/mol. The minimum Gasteiger partial charge on any atom is -0.347 e. The first kappa shape index (κ1) is 18.6. The molecule has 0 aliphatic carbocycles. The number of hydrogen-bond donors (Lipinski definition) is 3. The van der Waals surface area contributed by atoms with Crippen LogP contribution in [0.15, 0.2) is 70.7 Å². The number of aromatic nitrogens is 3. The van der Waals surface area contributed by atoms with Gasteiger partial charge in [0, 0.05) is 32.6 Å². The van der Waals surface area contributed by atoms with Gasteiger partial charge in [-0.25, -0.2) is 4.98 Å². The molecule has 2 aromatic heterocycles. The van der Waals surface area contributed by atoms with E-state index in [2.05, 4.69) is 25.8 Å². The lowest BCUT2D eigenvalue weighted by atomic mass is 10.1. The number of rotatable bonds is 4. The maximum atomic E-state index is 12.7. The molecule has 5 rings (SSSR count). The van der Waals surface area contributed by atoms with Crippen molar-refractivity contribution in [2.45, 2.75) is 16.3 Å². The third-order valence-corrected chi connectivity index (χ3v) is 6.71. The predicted molar refractivity (Wildman–Crippen MR) is 116 cm³/mol. The number of carbonyl (C=O) groups is 2. The normalized spacial score (nSPS) is 12.5. The molecule has 148 valence electrons. The lowest BCUT2D eigenvalue weighted by Crippen LogP contribution is -2.22. The summed E-state index contributed by atoms with van der Waals surface area (Å²) in [6.07, 6.45) is 3.48. The van der Waals surface area contributed by atoms with Crippen LogP contribution in [-0.4, -0.2) is 27.0 Å². The Balaban J connectivity index is 1.30. The third kappa shape index (κ3) is 3.60. The molecule has 0 radical (unpaired) electrons. The Bertz CT molecular complexity index is 1250. The van der Waals surface area contributed by atoms with Crippen LogP contribution in [0.4, 0.5) is 5.69 Å². The van der Waals surface area contributed by atoms with E-state index >= 15 is 0 Å². The summed E-state index contributed by atoms with van der Waals surface area (Å²) in [5.74, 6) is -0.390. The van der Waals surface area contributed by atoms with Crippen LogP contribution in [0.1, 0.15) is 25.6 Å². The van der Waals surface area contributed by atoms with Crippen LogP contribution in [0.2, 0.25) is 0 Å². The fourth-order valence-corrected chi connectivity index (χ4v) is 4.90. The molecule has 0 atom stereocenters. The highest BCUT2D eigenvalue weighted by Crippen LogP contribution is 2.39. The Labute approximate surface area is 179 Å². The Kier molecular flexibility index (Phi) is 4.82. The minimum atomic E-state index is -0.214. The zero-order valence-electron chi connectivity index (χ0n) is 15.5. The first-order valence-electron chi connectivity index (χ1n) is 9.13. The van der Waals surface area contributed by atoms with E-state index in [1.165, 1.54) is 23.1 Å². The standard InChI is InChI=1S/C21H15N5O2S2/c27-19(22-10-13-11-23-21(29-13)15-7-8-24-26-15)12-5-6-18-16(9-12)25-20(28)14-3-1-2-4-17(14)30-18/h1-9,11H,10H2,(H,22,27)(H,24,26)(H,25,28). The number of nitrogens with one attached hydrogen (secondary N) is 3. The van der Waals surface area contributed by atoms with Gasteiger partial charge in [0.05, 0.1) is 17.8 Å². The summed E-state index contributed by atoms with van der Waals surface area (Å²) >= 11 is 2.99. The Morgan fingerprint density at radius 2 is 2.00 bits per heavy atom. The Morgan fingerprint density at radius 3 is 2.87 bits per heavy atom. The number of anilines is 1. The van der Waals surface area contributed by atoms with Gasteiger partial charge in [-0.2, -0.15) is 5.10 Å². The van der Waals surface area contributed by atoms with E-state index in [0.717, 1.165) is 25.4 Å². The second-order valence-corrected chi connectivity index (χ2v) is 8.74. The second-order valence-electron chi connectivity index (χ2n) is 6.54. The fourth-order valence-electron chi connectivity index (χ4n) is 3.07. The summed E-state index contributed by atoms with van der Waals surface area (Å²) in [4.78, 5) is 32.2. The number of H-pyrrole nitrogens is 1. The van der Waals surface area contributed by atoms with Gasteiger partial charge >= 0.3 is 0 Å². The van der Waals surface area contributed by atoms with E-state index in [1.54, 1.807) is 30.6 Å². The van der Waals surface area contributed by atoms with Crippen molar-refractivity contribution in [2.24, 2.45) is 0 Å². The number of benzene rings is 2. The minimum absolute atomic E-state index is 0.176. The van der Waals surface area contributed by atoms with Gasteiger partial charge < -0.3 is 10.6 Å². The molecule has 4 aromatic rings. The smallest absolute Gasteiger partial charge is 0.256 e. The monoisotopic (exact) mass is 433 g/mol. The lowest BCUT2D eigenvalue weighted by Gasteiger charge is -2.09. The molecule has 1 aliphatic rings. The van der Waals surface area contributed by atoms with Crippen molar-refractivity contribution >= 4 is 40.6 Å². The summed E-state index contributed by atoms with van der Waals surface area (Å²) in [6, 6.07) is 14.6. The van der Waals surface area contributed by atoms with Crippen LogP contribution in [0.3, 0.4) is 0 Å². The van der Waals surface area contributed by atoms with Crippen LogP contribution in [-0.2, 0) is 6.54 Å². The molecule has 0 spiro atoms. The number of thiazole rings is 1. The van der Waals surface area contributed by atoms with E-state index in [9.17, 15) is 9.59 Å². The highest BCUT2D eigenvalue weighted by molar-refractivity contribution is 7.99. The third-order valence-electron chi connectivity index (χ3n) is 4.54. The SMILES string of the molecule is O=C(NCc1cnc(-c2cc[nH]n2)s1)c1ccc2c(c1)NC(=O)c1ccccc1S2. The van der Waals surface area contributed by atoms with Gasteiger partial charge in [-0.1, -0.05) is 23.9 Å². The molecule has 0 bridgehead atoms. The molecule has 2 aromatic carbocycles. The van der Waals surface area contributed by atoms with Crippen molar-refractivity contribution in [3.05, 3.63) is 76.9 Å². The summed E-state index contributed by atoms with van der Waals surface area (Å²) < 4.78 is 0. The number of aromatic amines is 1. The molecule has 9 heteroatoms. The van der Waals surface area contributed by atoms with Gasteiger partial charge in [0.15, 0.2) is 0 Å². The molecule has 3 heterocycles. The van der Waals surface area contributed by atoms with Gasteiger partial charge in [-0.05, 0) is 36.4 Å². The first-order chi connectivity index (χ1) is 14.7. The molecule has 1 aliphatic heterocycles. The summed E-state index contributed by atoms with van der Waals surface area (Å²) in [5, 5.41) is 13.5. The van der Waals surface area contributed by atoms with Crippen molar-refractivity contribution in [3.8, 4) is 10.7 Å². The van der Waals surface area contributed by atoms with Crippen LogP contribution >= 0.6 is 23.1 Å². The molecule has 0 unspecified atom stereocenters. The van der Waals surface area contributed by atoms with Gasteiger partial charge in [-0.3, -0.25) is 14.7 Å². The van der Waals surface area contributed by atoms with Crippen LogP contribution in [0.5, 0.6) is 0 Å². The molecule has 0 fully saturated rings. The molecule has 7 nitrogen and oxygen atoms in total. The van der Waals surface area contributed by atoms with Crippen molar-refractivity contribution in [1.29, 1.82) is 0 Å². The van der Waals surface area contributed by atoms with E-state index in [0.29, 0.717) is 23.4 Å². The van der Waals surface area contributed by atoms with Crippen molar-refractivity contribution < 1.29 is 9.59 Å². The first-order valence-corrected chi connectivity index (χ1v) is 10.8. The molecule has 0 saturated heterocycles. The van der Waals surface area contributed by atoms with Crippen LogP contribution < -0.4 is 10.6 Å². The van der Waals surface area contributed by atoms with E-state index in [1.807, 2.05) is 30.3 Å². The number of fused-ring (bicyclic) bond motifs is 2. The van der Waals surface area contributed by atoms with E-state index in [4.69, 9.17) is 0 Å². The molecule has 3 N–H and O–H groups in total. The molecule has 30 heavy (non-hydrogen) atoms. The van der Waals surface area contributed by atoms with Gasteiger partial charge in [0.25, 0.3) is 11.8 Å². The predicted octanol–water partition coefficient (Wildman–Crippen LogP) is 4.18. The highest BCUT2D eigenvalue weighted by atomic mass is 32.2. The summed E-state index contributed by atoms with van der Waals surface area (Å²) in [5.41, 5.74) is 2.52. The largest absolute Gasteiger partial charge is 0.347 e. The maximum Gasteiger partial charge on any atom is 0.256 e. The number of carbonyl (C=O) groups excluding carboxylic acids is 2. The quantitative estimate of drug-likeness (QED) is 0.448. The van der Waals surface area contributed by atoms with Gasteiger partial charge in [-0.15, -0.1) is 11.3 Å². The van der Waals surface area contributed by atoms with Gasteiger partial charge in [0.1, 0.15) is 10.7 Å². The van der Waals surface area contributed by atoms with Crippen LogP contribution in [0, 0.1) is 0 Å². The second kappa shape index (κ2) is 7.77. The fraction of sp³-hybridized carbons (Fsp3) is 0.0476. The van der Waals surface area contributed by atoms with Crippen LogP contribution in [0.25, 0.3) is 10.7 Å². The topological polar surface area (TPSA) is 99.8 Å². The van der Waals surface area contributed by atoms with Crippen molar-refractivity contribution in [1.82, 2.24) is 20.5 Å². The summed E-state index contributed by atoms with van der Waals surface area (Å²) in [6.45, 7) is 0.366. The van der Waals surface area contributed by atoms with Gasteiger partial charge in [0.2, 0.25) is 0 Å². The summed E-state index contributed by atoms with van der Waals surface area (Å²) in [7, 11) is 0. The molecular formula is C21H15N5O2S2. The lowest BCUT2D eigenvalue weighted by molar-refractivity contribution is 0.0949. The highest BCUT2D eigenvalue weighted by Gasteiger charge is 2.20. The number of nitrogens with zero attached hydrogens (tertiary/aromatic N) is 2. The zero-order chi connectivity index (χ0) is 20.5. The molecule has 0 saturated carbocycles. The molecule has 2 amide bonds. The number of amides is 2. The molecular weight excluding hydrogens is 418 g/mol. The zero-order valence-corrected chi connectivity index (χ0v) is 17.1. The Morgan fingerprint density at radius 1 is 1.10 bits per heavy atom. The van der Waals surface area contributed by atoms with Crippen molar-refractivity contribution in [3.63, 3.8) is 0 Å². The van der Waals surface area contributed by atoms with E-state index in [-0.39, 0.29) is 11.8 Å².